The van der Waals surface area contributed by atoms with Crippen LogP contribution in [0.15, 0.2) is 72.8 Å². The molecule has 0 aliphatic heterocycles. The van der Waals surface area contributed by atoms with Crippen LogP contribution < -0.4 is 0 Å². The predicted molar refractivity (Wildman–Crippen MR) is 86.2 cm³/mol. The zero-order valence-corrected chi connectivity index (χ0v) is 12.6. The van der Waals surface area contributed by atoms with Crippen molar-refractivity contribution in [3.8, 4) is 22.3 Å². The van der Waals surface area contributed by atoms with Crippen LogP contribution in [0.3, 0.4) is 0 Å². The highest BCUT2D eigenvalue weighted by atomic mass is 31.0. The summed E-state index contributed by atoms with van der Waals surface area (Å²) in [5, 5.41) is 0. The Hall–Kier alpha value is -2.38. The highest BCUT2D eigenvalue weighted by Gasteiger charge is 2.09. The molecule has 0 atom stereocenters. The Kier molecular flexibility index (Phi) is 5.51. The molecule has 0 aliphatic rings. The monoisotopic (exact) mass is 314 g/mol. The molecule has 0 amide bonds. The molecule has 0 heterocycles. The van der Waals surface area contributed by atoms with E-state index in [4.69, 9.17) is 4.57 Å². The van der Waals surface area contributed by atoms with E-state index in [1.54, 1.807) is 27.3 Å². The van der Waals surface area contributed by atoms with E-state index in [-0.39, 0.29) is 5.56 Å². The quantitative estimate of drug-likeness (QED) is 0.548. The molecule has 0 bridgehead atoms. The summed E-state index contributed by atoms with van der Waals surface area (Å²) in [5.41, 5.74) is 3.09. The van der Waals surface area contributed by atoms with Crippen molar-refractivity contribution in [2.45, 2.75) is 0 Å². The topological polar surface area (TPSA) is 17.1 Å². The van der Waals surface area contributed by atoms with Gasteiger partial charge >= 0.3 is 0 Å². The summed E-state index contributed by atoms with van der Waals surface area (Å²) < 4.78 is 35.0. The summed E-state index contributed by atoms with van der Waals surface area (Å²) in [6, 6.07) is 21.6. The molecule has 0 radical (unpaired) electrons. The summed E-state index contributed by atoms with van der Waals surface area (Å²) in [6.07, 6.45) is 0. The Bertz CT molecular complexity index is 743. The normalized spacial score (nSPS) is 9.73. The molecule has 3 rings (SSSR count). The molecular formula is C18H13F2OP. The molecule has 0 N–H and O–H groups in total. The van der Waals surface area contributed by atoms with Crippen LogP contribution in [-0.4, -0.2) is 0 Å². The maximum Gasteiger partial charge on any atom is 0.166 e. The zero-order chi connectivity index (χ0) is 15.9. The van der Waals surface area contributed by atoms with Crippen LogP contribution in [0.4, 0.5) is 8.78 Å². The van der Waals surface area contributed by atoms with E-state index < -0.39 is 11.6 Å². The minimum Gasteiger partial charge on any atom is -0.279 e. The lowest BCUT2D eigenvalue weighted by Crippen LogP contribution is -1.89. The minimum atomic E-state index is -0.824. The van der Waals surface area contributed by atoms with Crippen LogP contribution in [0.1, 0.15) is 0 Å². The Morgan fingerprint density at radius 1 is 0.591 bits per heavy atom. The first kappa shape index (κ1) is 16.0. The van der Waals surface area contributed by atoms with Crippen LogP contribution in [0.5, 0.6) is 0 Å². The van der Waals surface area contributed by atoms with E-state index in [9.17, 15) is 8.78 Å². The maximum atomic E-state index is 13.7. The first-order chi connectivity index (χ1) is 10.8. The fourth-order valence-corrected chi connectivity index (χ4v) is 2.20. The van der Waals surface area contributed by atoms with E-state index in [1.165, 1.54) is 6.07 Å². The molecular weight excluding hydrogens is 301 g/mol. The predicted octanol–water partition coefficient (Wildman–Crippen LogP) is 5.77. The van der Waals surface area contributed by atoms with Crippen molar-refractivity contribution in [3.63, 3.8) is 0 Å². The van der Waals surface area contributed by atoms with Crippen LogP contribution in [0.25, 0.3) is 22.3 Å². The lowest BCUT2D eigenvalue weighted by molar-refractivity contribution is 0.511. The molecule has 110 valence electrons. The minimum absolute atomic E-state index is 0.282. The van der Waals surface area contributed by atoms with E-state index >= 15 is 0 Å². The number of hydrogen-bond acceptors (Lipinski definition) is 1. The van der Waals surface area contributed by atoms with Crippen LogP contribution >= 0.6 is 9.12 Å². The second-order valence-electron chi connectivity index (χ2n) is 4.54. The summed E-state index contributed by atoms with van der Waals surface area (Å²) >= 11 is 0. The van der Waals surface area contributed by atoms with Crippen LogP contribution in [0, 0.1) is 11.6 Å². The van der Waals surface area contributed by atoms with Crippen molar-refractivity contribution in [1.29, 1.82) is 0 Å². The third-order valence-corrected chi connectivity index (χ3v) is 3.25. The van der Waals surface area contributed by atoms with Crippen LogP contribution in [-0.2, 0) is 4.57 Å². The summed E-state index contributed by atoms with van der Waals surface area (Å²) in [4.78, 5) is 0. The molecule has 0 saturated carbocycles. The van der Waals surface area contributed by atoms with Gasteiger partial charge in [-0.3, -0.25) is 4.57 Å². The largest absolute Gasteiger partial charge is 0.279 e. The molecule has 1 nitrogen and oxygen atoms in total. The smallest absolute Gasteiger partial charge is 0.166 e. The molecule has 0 unspecified atom stereocenters. The van der Waals surface area contributed by atoms with Crippen molar-refractivity contribution in [3.05, 3.63) is 84.4 Å². The van der Waals surface area contributed by atoms with Gasteiger partial charge in [0.2, 0.25) is 0 Å². The molecule has 4 heteroatoms. The zero-order valence-electron chi connectivity index (χ0n) is 11.6. The summed E-state index contributed by atoms with van der Waals surface area (Å²) in [5.74, 6) is -1.63. The molecule has 0 spiro atoms. The van der Waals surface area contributed by atoms with Gasteiger partial charge in [-0.05, 0) is 22.8 Å². The van der Waals surface area contributed by atoms with Gasteiger partial charge in [0.05, 0.1) is 0 Å². The Morgan fingerprint density at radius 3 is 1.77 bits per heavy atom. The SMILES string of the molecule is Fc1cccc(-c2ccc(-c3ccccc3)cc2)c1F.O=P. The van der Waals surface area contributed by atoms with E-state index in [0.717, 1.165) is 17.2 Å². The van der Waals surface area contributed by atoms with Gasteiger partial charge in [-0.1, -0.05) is 66.7 Å². The van der Waals surface area contributed by atoms with Gasteiger partial charge in [0, 0.05) is 5.56 Å². The number of hydrogen-bond donors (Lipinski definition) is 0. The molecule has 22 heavy (non-hydrogen) atoms. The highest BCUT2D eigenvalue weighted by Crippen LogP contribution is 2.27. The highest BCUT2D eigenvalue weighted by molar-refractivity contribution is 7.00. The fraction of sp³-hybridized carbons (Fsp3) is 0. The molecule has 0 aliphatic carbocycles. The van der Waals surface area contributed by atoms with Gasteiger partial charge < -0.3 is 0 Å². The Morgan fingerprint density at radius 2 is 1.14 bits per heavy atom. The van der Waals surface area contributed by atoms with E-state index in [1.807, 2.05) is 42.5 Å². The van der Waals surface area contributed by atoms with Crippen molar-refractivity contribution in [2.24, 2.45) is 0 Å². The Balaban J connectivity index is 0.000000847. The molecule has 3 aromatic rings. The third kappa shape index (κ3) is 3.44. The number of halogens is 2. The second kappa shape index (κ2) is 7.58. The van der Waals surface area contributed by atoms with Gasteiger partial charge in [-0.2, -0.15) is 0 Å². The number of benzene rings is 3. The molecule has 0 fully saturated rings. The average Bonchev–Trinajstić information content (AvgIpc) is 2.60. The first-order valence-corrected chi connectivity index (χ1v) is 6.97. The molecule has 3 aromatic carbocycles. The lowest BCUT2D eigenvalue weighted by Gasteiger charge is -2.06. The van der Waals surface area contributed by atoms with E-state index in [2.05, 4.69) is 0 Å². The van der Waals surface area contributed by atoms with Gasteiger partial charge in [0.1, 0.15) is 9.12 Å². The average molecular weight is 314 g/mol. The fourth-order valence-electron chi connectivity index (χ4n) is 2.20. The summed E-state index contributed by atoms with van der Waals surface area (Å²) in [6.45, 7) is 0. The summed E-state index contributed by atoms with van der Waals surface area (Å²) in [7, 11) is 1.72. The van der Waals surface area contributed by atoms with Crippen molar-refractivity contribution >= 4 is 9.12 Å². The van der Waals surface area contributed by atoms with Crippen LogP contribution in [0.2, 0.25) is 0 Å². The van der Waals surface area contributed by atoms with Gasteiger partial charge in [0.15, 0.2) is 11.6 Å². The van der Waals surface area contributed by atoms with Crippen molar-refractivity contribution in [2.75, 3.05) is 0 Å². The third-order valence-electron chi connectivity index (χ3n) is 3.25. The van der Waals surface area contributed by atoms with Gasteiger partial charge in [-0.15, -0.1) is 0 Å². The lowest BCUT2D eigenvalue weighted by atomic mass is 10.00. The molecule has 0 saturated heterocycles. The first-order valence-electron chi connectivity index (χ1n) is 6.56. The maximum absolute atomic E-state index is 13.7. The molecule has 0 aromatic heterocycles. The number of rotatable bonds is 2. The van der Waals surface area contributed by atoms with Gasteiger partial charge in [-0.25, -0.2) is 8.78 Å². The second-order valence-corrected chi connectivity index (χ2v) is 4.54. The van der Waals surface area contributed by atoms with Crippen molar-refractivity contribution < 1.29 is 13.3 Å². The van der Waals surface area contributed by atoms with E-state index in [0.29, 0.717) is 5.56 Å². The van der Waals surface area contributed by atoms with Crippen molar-refractivity contribution in [1.82, 2.24) is 0 Å². The van der Waals surface area contributed by atoms with Gasteiger partial charge in [0.25, 0.3) is 0 Å². The standard InChI is InChI=1S/C18H12F2.HOP/c19-17-8-4-7-16(18(17)20)15-11-9-14(10-12-15)13-5-2-1-3-6-13;1-2/h1-12H;2H. The Labute approximate surface area is 129 Å².